The third-order valence-corrected chi connectivity index (χ3v) is 1.44. The first-order valence-corrected chi connectivity index (χ1v) is 2.99. The molecule has 0 nitrogen and oxygen atoms in total. The van der Waals surface area contributed by atoms with E-state index in [9.17, 15) is 4.39 Å². The molecule has 0 N–H and O–H groups in total. The first kappa shape index (κ1) is 5.07. The minimum Gasteiger partial charge on any atom is -0.251 e. The van der Waals surface area contributed by atoms with Gasteiger partial charge in [0, 0.05) is 0 Å². The molecule has 0 heterocycles. The summed E-state index contributed by atoms with van der Waals surface area (Å²) < 4.78 is 11.4. The third-order valence-electron chi connectivity index (χ3n) is 1.44. The third kappa shape index (κ3) is 1.91. The van der Waals surface area contributed by atoms with E-state index in [-0.39, 0.29) is 6.67 Å². The summed E-state index contributed by atoms with van der Waals surface area (Å²) in [5.74, 6) is 0.913. The second-order valence-electron chi connectivity index (χ2n) is 2.27. The molecule has 0 aromatic heterocycles. The lowest BCUT2D eigenvalue weighted by Crippen LogP contribution is -1.77. The summed E-state index contributed by atoms with van der Waals surface area (Å²) in [6, 6.07) is 0. The monoisotopic (exact) mass is 102 g/mol. The van der Waals surface area contributed by atoms with Crippen LogP contribution in [0.15, 0.2) is 0 Å². The molecule has 1 saturated carbocycles. The van der Waals surface area contributed by atoms with Gasteiger partial charge in [0.05, 0.1) is 6.67 Å². The standard InChI is InChI=1S/C6H11F/c7-5-1-2-6-3-4-6/h6H,1-5H2. The van der Waals surface area contributed by atoms with Crippen LogP contribution in [0.25, 0.3) is 0 Å². The van der Waals surface area contributed by atoms with Gasteiger partial charge in [-0.1, -0.05) is 12.8 Å². The van der Waals surface area contributed by atoms with Crippen LogP contribution in [0.4, 0.5) is 4.39 Å². The Hall–Kier alpha value is -0.0700. The number of halogens is 1. The topological polar surface area (TPSA) is 0 Å². The maximum Gasteiger partial charge on any atom is 0.0894 e. The molecular formula is C6H11F. The van der Waals surface area contributed by atoms with Crippen LogP contribution in [0.2, 0.25) is 0 Å². The Morgan fingerprint density at radius 3 is 2.57 bits per heavy atom. The maximum absolute atomic E-state index is 11.4. The first-order valence-electron chi connectivity index (χ1n) is 2.99. The lowest BCUT2D eigenvalue weighted by atomic mass is 10.2. The van der Waals surface area contributed by atoms with E-state index >= 15 is 0 Å². The summed E-state index contributed by atoms with van der Waals surface area (Å²) in [4.78, 5) is 0. The zero-order valence-electron chi connectivity index (χ0n) is 4.49. The van der Waals surface area contributed by atoms with Crippen LogP contribution >= 0.6 is 0 Å². The number of hydrogen-bond acceptors (Lipinski definition) is 0. The Bertz CT molecular complexity index is 48.1. The first-order chi connectivity index (χ1) is 3.43. The molecule has 1 aliphatic rings. The quantitative estimate of drug-likeness (QED) is 0.512. The molecule has 1 heteroatoms. The van der Waals surface area contributed by atoms with E-state index in [1.807, 2.05) is 0 Å². The number of rotatable bonds is 3. The van der Waals surface area contributed by atoms with E-state index in [0.29, 0.717) is 0 Å². The molecule has 0 unspecified atom stereocenters. The predicted molar refractivity (Wildman–Crippen MR) is 27.9 cm³/mol. The number of alkyl halides is 1. The van der Waals surface area contributed by atoms with Gasteiger partial charge in [-0.3, -0.25) is 4.39 Å². The van der Waals surface area contributed by atoms with Gasteiger partial charge in [0.15, 0.2) is 0 Å². The highest BCUT2D eigenvalue weighted by Gasteiger charge is 2.19. The van der Waals surface area contributed by atoms with Crippen molar-refractivity contribution in [1.29, 1.82) is 0 Å². The van der Waals surface area contributed by atoms with Crippen molar-refractivity contribution in [2.24, 2.45) is 5.92 Å². The Morgan fingerprint density at radius 2 is 2.14 bits per heavy atom. The van der Waals surface area contributed by atoms with Gasteiger partial charge in [0.25, 0.3) is 0 Å². The van der Waals surface area contributed by atoms with E-state index in [1.165, 1.54) is 12.8 Å². The molecule has 0 amide bonds. The van der Waals surface area contributed by atoms with E-state index in [0.717, 1.165) is 18.8 Å². The fourth-order valence-electron chi connectivity index (χ4n) is 0.772. The van der Waals surface area contributed by atoms with Crippen LogP contribution in [0.1, 0.15) is 25.7 Å². The average molecular weight is 102 g/mol. The predicted octanol–water partition coefficient (Wildman–Crippen LogP) is 2.15. The van der Waals surface area contributed by atoms with Crippen molar-refractivity contribution in [2.75, 3.05) is 6.67 Å². The van der Waals surface area contributed by atoms with Gasteiger partial charge in [-0.15, -0.1) is 0 Å². The SMILES string of the molecule is FCCCC1CC1. The van der Waals surface area contributed by atoms with E-state index in [2.05, 4.69) is 0 Å². The largest absolute Gasteiger partial charge is 0.251 e. The van der Waals surface area contributed by atoms with Crippen LogP contribution in [0.5, 0.6) is 0 Å². The summed E-state index contributed by atoms with van der Waals surface area (Å²) in [5, 5.41) is 0. The van der Waals surface area contributed by atoms with Gasteiger partial charge in [0.2, 0.25) is 0 Å². The van der Waals surface area contributed by atoms with Crippen molar-refractivity contribution in [2.45, 2.75) is 25.7 Å². The van der Waals surface area contributed by atoms with Gasteiger partial charge in [-0.05, 0) is 18.8 Å². The Labute approximate surface area is 43.7 Å². The Kier molecular flexibility index (Phi) is 1.66. The molecule has 0 spiro atoms. The maximum atomic E-state index is 11.4. The second kappa shape index (κ2) is 2.29. The molecule has 1 aliphatic carbocycles. The molecule has 0 saturated heterocycles. The summed E-state index contributed by atoms with van der Waals surface area (Å²) in [7, 11) is 0. The van der Waals surface area contributed by atoms with Crippen LogP contribution in [0, 0.1) is 5.92 Å². The molecule has 0 aromatic rings. The molecule has 1 fully saturated rings. The Morgan fingerprint density at radius 1 is 1.43 bits per heavy atom. The molecular weight excluding hydrogens is 91.1 g/mol. The lowest BCUT2D eigenvalue weighted by molar-refractivity contribution is 0.451. The van der Waals surface area contributed by atoms with Crippen molar-refractivity contribution in [3.63, 3.8) is 0 Å². The van der Waals surface area contributed by atoms with Gasteiger partial charge in [-0.2, -0.15) is 0 Å². The highest BCUT2D eigenvalue weighted by atomic mass is 19.1. The highest BCUT2D eigenvalue weighted by molar-refractivity contribution is 4.72. The summed E-state index contributed by atoms with van der Waals surface area (Å²) in [6.45, 7) is -0.115. The smallest absolute Gasteiger partial charge is 0.0894 e. The summed E-state index contributed by atoms with van der Waals surface area (Å²) in [5.41, 5.74) is 0. The van der Waals surface area contributed by atoms with Crippen LogP contribution in [-0.4, -0.2) is 6.67 Å². The number of hydrogen-bond donors (Lipinski definition) is 0. The fraction of sp³-hybridized carbons (Fsp3) is 1.00. The normalized spacial score (nSPS) is 20.1. The van der Waals surface area contributed by atoms with E-state index < -0.39 is 0 Å². The van der Waals surface area contributed by atoms with Crippen LogP contribution < -0.4 is 0 Å². The van der Waals surface area contributed by atoms with Gasteiger partial charge in [0.1, 0.15) is 0 Å². The minimum absolute atomic E-state index is 0.115. The minimum atomic E-state index is -0.115. The van der Waals surface area contributed by atoms with Crippen molar-refractivity contribution in [3.8, 4) is 0 Å². The van der Waals surface area contributed by atoms with Gasteiger partial charge in [-0.25, -0.2) is 0 Å². The van der Waals surface area contributed by atoms with Gasteiger partial charge >= 0.3 is 0 Å². The zero-order valence-corrected chi connectivity index (χ0v) is 4.49. The highest BCUT2D eigenvalue weighted by Crippen LogP contribution is 2.33. The molecule has 7 heavy (non-hydrogen) atoms. The second-order valence-corrected chi connectivity index (χ2v) is 2.27. The lowest BCUT2D eigenvalue weighted by Gasteiger charge is -1.86. The molecule has 0 bridgehead atoms. The molecule has 1 rings (SSSR count). The summed E-state index contributed by atoms with van der Waals surface area (Å²) in [6.07, 6.45) is 4.65. The van der Waals surface area contributed by atoms with E-state index in [4.69, 9.17) is 0 Å². The molecule has 0 aliphatic heterocycles. The fourth-order valence-corrected chi connectivity index (χ4v) is 0.772. The van der Waals surface area contributed by atoms with Crippen molar-refractivity contribution >= 4 is 0 Å². The van der Waals surface area contributed by atoms with Crippen molar-refractivity contribution in [1.82, 2.24) is 0 Å². The van der Waals surface area contributed by atoms with Gasteiger partial charge < -0.3 is 0 Å². The Balaban J connectivity index is 1.80. The van der Waals surface area contributed by atoms with Crippen LogP contribution in [-0.2, 0) is 0 Å². The molecule has 42 valence electrons. The van der Waals surface area contributed by atoms with Crippen molar-refractivity contribution < 1.29 is 4.39 Å². The molecule has 0 aromatic carbocycles. The molecule has 0 atom stereocenters. The van der Waals surface area contributed by atoms with E-state index in [1.54, 1.807) is 0 Å². The zero-order chi connectivity index (χ0) is 5.11. The average Bonchev–Trinajstić information content (AvgIpc) is 2.42. The van der Waals surface area contributed by atoms with Crippen molar-refractivity contribution in [3.05, 3.63) is 0 Å². The summed E-state index contributed by atoms with van der Waals surface area (Å²) >= 11 is 0. The molecule has 0 radical (unpaired) electrons. The van der Waals surface area contributed by atoms with Crippen LogP contribution in [0.3, 0.4) is 0 Å².